The summed E-state index contributed by atoms with van der Waals surface area (Å²) in [6.45, 7) is 5.30. The van der Waals surface area contributed by atoms with E-state index >= 15 is 0 Å². The second kappa shape index (κ2) is 5.92. The van der Waals surface area contributed by atoms with Crippen molar-refractivity contribution in [3.63, 3.8) is 0 Å². The van der Waals surface area contributed by atoms with Crippen LogP contribution in [-0.4, -0.2) is 30.1 Å². The van der Waals surface area contributed by atoms with Gasteiger partial charge in [-0.25, -0.2) is 14.3 Å². The van der Waals surface area contributed by atoms with E-state index in [1.54, 1.807) is 36.1 Å². The molecular formula is C14H16N6O2S. The SMILES string of the molecule is Cc1cc(C)n(CC(=O)N[C@H](C)c2cn3ncsc3n2)c(=O)n1. The molecule has 3 heterocycles. The highest BCUT2D eigenvalue weighted by Gasteiger charge is 2.15. The number of carbonyl (C=O) groups is 1. The molecule has 0 saturated heterocycles. The van der Waals surface area contributed by atoms with E-state index in [0.29, 0.717) is 11.4 Å². The Kier molecular flexibility index (Phi) is 3.95. The first-order valence-corrected chi connectivity index (χ1v) is 7.95. The molecule has 0 unspecified atom stereocenters. The molecule has 0 radical (unpaired) electrons. The molecule has 1 N–H and O–H groups in total. The smallest absolute Gasteiger partial charge is 0.346 e. The summed E-state index contributed by atoms with van der Waals surface area (Å²) in [6, 6.07) is 1.50. The number of hydrogen-bond donors (Lipinski definition) is 1. The van der Waals surface area contributed by atoms with Crippen molar-refractivity contribution < 1.29 is 4.79 Å². The molecule has 8 nitrogen and oxygen atoms in total. The lowest BCUT2D eigenvalue weighted by molar-refractivity contribution is -0.122. The molecular weight excluding hydrogens is 316 g/mol. The molecule has 0 saturated carbocycles. The van der Waals surface area contributed by atoms with Crippen molar-refractivity contribution in [2.24, 2.45) is 0 Å². The average molecular weight is 332 g/mol. The third-order valence-corrected chi connectivity index (χ3v) is 4.16. The van der Waals surface area contributed by atoms with Gasteiger partial charge in [-0.15, -0.1) is 0 Å². The Morgan fingerprint density at radius 3 is 2.87 bits per heavy atom. The van der Waals surface area contributed by atoms with E-state index in [4.69, 9.17) is 0 Å². The minimum Gasteiger partial charge on any atom is -0.346 e. The maximum absolute atomic E-state index is 12.2. The van der Waals surface area contributed by atoms with Gasteiger partial charge in [-0.1, -0.05) is 11.3 Å². The summed E-state index contributed by atoms with van der Waals surface area (Å²) in [5, 5.41) is 6.95. The van der Waals surface area contributed by atoms with Crippen LogP contribution in [0.1, 0.15) is 30.0 Å². The number of fused-ring (bicyclic) bond motifs is 1. The number of aryl methyl sites for hydroxylation is 2. The van der Waals surface area contributed by atoms with E-state index in [0.717, 1.165) is 10.7 Å². The van der Waals surface area contributed by atoms with E-state index in [-0.39, 0.29) is 18.5 Å². The Morgan fingerprint density at radius 2 is 2.17 bits per heavy atom. The molecule has 3 aromatic rings. The van der Waals surface area contributed by atoms with Gasteiger partial charge in [0, 0.05) is 11.4 Å². The summed E-state index contributed by atoms with van der Waals surface area (Å²) >= 11 is 1.43. The van der Waals surface area contributed by atoms with Crippen LogP contribution in [0, 0.1) is 13.8 Å². The van der Waals surface area contributed by atoms with Gasteiger partial charge in [0.1, 0.15) is 12.1 Å². The number of carbonyl (C=O) groups excluding carboxylic acids is 1. The number of amides is 1. The summed E-state index contributed by atoms with van der Waals surface area (Å²) < 4.78 is 3.02. The van der Waals surface area contributed by atoms with Crippen molar-refractivity contribution >= 4 is 22.2 Å². The predicted molar refractivity (Wildman–Crippen MR) is 85.4 cm³/mol. The molecule has 0 aliphatic heterocycles. The number of hydrogen-bond acceptors (Lipinski definition) is 6. The van der Waals surface area contributed by atoms with Crippen LogP contribution in [-0.2, 0) is 11.3 Å². The molecule has 23 heavy (non-hydrogen) atoms. The standard InChI is InChI=1S/C14H16N6O2S/c1-8-4-9(2)19(13(22)16-8)6-12(21)17-10(3)11-5-20-14(18-11)23-7-15-20/h4-5,7,10H,6H2,1-3H3,(H,17,21)/t10-/m1/s1. The van der Waals surface area contributed by atoms with Crippen LogP contribution in [0.3, 0.4) is 0 Å². The van der Waals surface area contributed by atoms with Gasteiger partial charge >= 0.3 is 5.69 Å². The molecule has 9 heteroatoms. The summed E-state index contributed by atoms with van der Waals surface area (Å²) in [4.78, 5) is 33.1. The van der Waals surface area contributed by atoms with E-state index in [2.05, 4.69) is 20.4 Å². The molecule has 1 atom stereocenters. The lowest BCUT2D eigenvalue weighted by Gasteiger charge is -2.13. The van der Waals surface area contributed by atoms with Gasteiger partial charge in [-0.05, 0) is 26.8 Å². The van der Waals surface area contributed by atoms with Crippen LogP contribution >= 0.6 is 11.3 Å². The summed E-state index contributed by atoms with van der Waals surface area (Å²) in [5.74, 6) is -0.266. The van der Waals surface area contributed by atoms with Crippen LogP contribution in [0.4, 0.5) is 0 Å². The quantitative estimate of drug-likeness (QED) is 0.764. The lowest BCUT2D eigenvalue weighted by Crippen LogP contribution is -2.35. The number of nitrogens with one attached hydrogen (secondary N) is 1. The van der Waals surface area contributed by atoms with Gasteiger partial charge < -0.3 is 5.32 Å². The number of nitrogens with zero attached hydrogens (tertiary/aromatic N) is 5. The topological polar surface area (TPSA) is 94.2 Å². The van der Waals surface area contributed by atoms with Crippen molar-refractivity contribution in [2.75, 3.05) is 0 Å². The zero-order valence-corrected chi connectivity index (χ0v) is 13.8. The molecule has 0 fully saturated rings. The first-order valence-electron chi connectivity index (χ1n) is 7.07. The minimum atomic E-state index is -0.419. The number of rotatable bonds is 4. The zero-order valence-electron chi connectivity index (χ0n) is 13.0. The number of aromatic nitrogens is 5. The highest BCUT2D eigenvalue weighted by atomic mass is 32.1. The monoisotopic (exact) mass is 332 g/mol. The molecule has 0 aliphatic rings. The van der Waals surface area contributed by atoms with Gasteiger partial charge in [0.2, 0.25) is 10.9 Å². The lowest BCUT2D eigenvalue weighted by atomic mass is 10.2. The molecule has 0 aromatic carbocycles. The van der Waals surface area contributed by atoms with E-state index in [1.807, 2.05) is 6.92 Å². The molecule has 1 amide bonds. The van der Waals surface area contributed by atoms with Crippen molar-refractivity contribution in [2.45, 2.75) is 33.4 Å². The summed E-state index contributed by atoms with van der Waals surface area (Å²) in [6.07, 6.45) is 1.78. The molecule has 3 aromatic heterocycles. The van der Waals surface area contributed by atoms with Gasteiger partial charge in [-0.3, -0.25) is 9.36 Å². The third-order valence-electron chi connectivity index (χ3n) is 3.47. The third kappa shape index (κ3) is 3.14. The van der Waals surface area contributed by atoms with Crippen molar-refractivity contribution in [1.82, 2.24) is 29.5 Å². The minimum absolute atomic E-state index is 0.0667. The molecule has 120 valence electrons. The first-order chi connectivity index (χ1) is 10.9. The second-order valence-electron chi connectivity index (χ2n) is 5.33. The van der Waals surface area contributed by atoms with E-state index in [1.165, 1.54) is 15.9 Å². The second-order valence-corrected chi connectivity index (χ2v) is 6.14. The van der Waals surface area contributed by atoms with Gasteiger partial charge in [0.05, 0.1) is 17.9 Å². The fourth-order valence-corrected chi connectivity index (χ4v) is 2.94. The normalized spacial score (nSPS) is 12.5. The van der Waals surface area contributed by atoms with Gasteiger partial charge in [-0.2, -0.15) is 10.1 Å². The zero-order chi connectivity index (χ0) is 16.6. The Hall–Kier alpha value is -2.55. The van der Waals surface area contributed by atoms with E-state index in [9.17, 15) is 9.59 Å². The van der Waals surface area contributed by atoms with Crippen molar-refractivity contribution in [3.05, 3.63) is 45.3 Å². The van der Waals surface area contributed by atoms with E-state index < -0.39 is 5.69 Å². The molecule has 3 rings (SSSR count). The fourth-order valence-electron chi connectivity index (χ4n) is 2.34. The Labute approximate surface area is 135 Å². The van der Waals surface area contributed by atoms with Crippen LogP contribution in [0.15, 0.2) is 22.6 Å². The summed E-state index contributed by atoms with van der Waals surface area (Å²) in [5.41, 5.74) is 3.36. The maximum atomic E-state index is 12.2. The Bertz CT molecular complexity index is 896. The van der Waals surface area contributed by atoms with Crippen LogP contribution in [0.5, 0.6) is 0 Å². The van der Waals surface area contributed by atoms with Crippen molar-refractivity contribution in [1.29, 1.82) is 0 Å². The van der Waals surface area contributed by atoms with Crippen LogP contribution in [0.25, 0.3) is 4.96 Å². The van der Waals surface area contributed by atoms with Crippen molar-refractivity contribution in [3.8, 4) is 0 Å². The fraction of sp³-hybridized carbons (Fsp3) is 0.357. The van der Waals surface area contributed by atoms with Gasteiger partial charge in [0.15, 0.2) is 0 Å². The summed E-state index contributed by atoms with van der Waals surface area (Å²) in [7, 11) is 0. The number of imidazole rings is 1. The highest BCUT2D eigenvalue weighted by Crippen LogP contribution is 2.15. The molecule has 0 aliphatic carbocycles. The maximum Gasteiger partial charge on any atom is 0.348 e. The molecule has 0 spiro atoms. The Balaban J connectivity index is 1.72. The van der Waals surface area contributed by atoms with Crippen LogP contribution < -0.4 is 11.0 Å². The predicted octanol–water partition coefficient (Wildman–Crippen LogP) is 0.842. The van der Waals surface area contributed by atoms with Gasteiger partial charge in [0.25, 0.3) is 0 Å². The Morgan fingerprint density at radius 1 is 1.39 bits per heavy atom. The first kappa shape index (κ1) is 15.3. The average Bonchev–Trinajstić information content (AvgIpc) is 3.03. The molecule has 0 bridgehead atoms. The largest absolute Gasteiger partial charge is 0.348 e. The highest BCUT2D eigenvalue weighted by molar-refractivity contribution is 7.14. The van der Waals surface area contributed by atoms with Crippen LogP contribution in [0.2, 0.25) is 0 Å².